The molecule has 0 fully saturated rings. The summed E-state index contributed by atoms with van der Waals surface area (Å²) in [5, 5.41) is 0.765. The number of aromatic nitrogens is 1. The van der Waals surface area contributed by atoms with Gasteiger partial charge in [0.2, 0.25) is 0 Å². The molecule has 3 rings (SSSR count). The number of rotatable bonds is 7. The number of thiazole rings is 1. The summed E-state index contributed by atoms with van der Waals surface area (Å²) in [7, 11) is 4.09. The molecule has 3 aromatic rings. The van der Waals surface area contributed by atoms with Crippen LogP contribution < -0.4 is 4.90 Å². The fraction of sp³-hybridized carbons (Fsp3) is 0.304. The van der Waals surface area contributed by atoms with E-state index in [4.69, 9.17) is 4.98 Å². The van der Waals surface area contributed by atoms with Crippen molar-refractivity contribution < 1.29 is 4.79 Å². The molecule has 154 valence electrons. The summed E-state index contributed by atoms with van der Waals surface area (Å²) in [5.74, 6) is -0.0323. The maximum atomic E-state index is 13.0. The first-order chi connectivity index (χ1) is 13.4. The number of carbonyl (C=O) groups is 1. The van der Waals surface area contributed by atoms with Crippen LogP contribution in [-0.4, -0.2) is 43.0 Å². The van der Waals surface area contributed by atoms with Gasteiger partial charge in [0, 0.05) is 12.6 Å². The Labute approximate surface area is 183 Å². The molecule has 0 saturated heterocycles. The number of nitrogens with zero attached hydrogens (tertiary/aromatic N) is 3. The van der Waals surface area contributed by atoms with Crippen LogP contribution in [0.15, 0.2) is 48.5 Å². The molecule has 1 amide bonds. The van der Waals surface area contributed by atoms with E-state index in [0.717, 1.165) is 33.9 Å². The molecule has 0 unspecified atom stereocenters. The molecule has 0 radical (unpaired) electrons. The Morgan fingerprint density at radius 1 is 1.07 bits per heavy atom. The summed E-state index contributed by atoms with van der Waals surface area (Å²) in [6, 6.07) is 14.2. The van der Waals surface area contributed by atoms with Gasteiger partial charge in [-0.3, -0.25) is 9.69 Å². The largest absolute Gasteiger partial charge is 0.309 e. The van der Waals surface area contributed by atoms with E-state index in [0.29, 0.717) is 6.54 Å². The van der Waals surface area contributed by atoms with Crippen LogP contribution in [0.4, 0.5) is 5.13 Å². The minimum absolute atomic E-state index is 0. The molecule has 0 aliphatic carbocycles. The highest BCUT2D eigenvalue weighted by Crippen LogP contribution is 2.31. The molecule has 2 aromatic carbocycles. The van der Waals surface area contributed by atoms with Gasteiger partial charge in [0.15, 0.2) is 5.13 Å². The Kier molecular flexibility index (Phi) is 8.38. The fourth-order valence-electron chi connectivity index (χ4n) is 2.95. The van der Waals surface area contributed by atoms with E-state index in [9.17, 15) is 4.79 Å². The molecule has 1 aromatic heterocycles. The van der Waals surface area contributed by atoms with E-state index < -0.39 is 0 Å². The first kappa shape index (κ1) is 23.1. The third kappa shape index (κ3) is 6.13. The van der Waals surface area contributed by atoms with Crippen LogP contribution in [0.3, 0.4) is 0 Å². The maximum absolute atomic E-state index is 13.0. The average Bonchev–Trinajstić information content (AvgIpc) is 3.06. The van der Waals surface area contributed by atoms with Crippen molar-refractivity contribution in [1.82, 2.24) is 9.88 Å². The number of amides is 1. The first-order valence-corrected chi connectivity index (χ1v) is 10.3. The summed E-state index contributed by atoms with van der Waals surface area (Å²) in [6.45, 7) is 5.77. The normalized spacial score (nSPS) is 11.2. The van der Waals surface area contributed by atoms with E-state index in [1.54, 1.807) is 22.3 Å². The second-order valence-corrected chi connectivity index (χ2v) is 8.30. The molecule has 4 nitrogen and oxygen atoms in total. The Morgan fingerprint density at radius 2 is 1.76 bits per heavy atom. The van der Waals surface area contributed by atoms with Crippen molar-refractivity contribution in [2.75, 3.05) is 32.1 Å². The van der Waals surface area contributed by atoms with Crippen LogP contribution in [0.2, 0.25) is 0 Å². The van der Waals surface area contributed by atoms with Gasteiger partial charge in [-0.2, -0.15) is 0 Å². The molecule has 29 heavy (non-hydrogen) atoms. The third-order valence-electron chi connectivity index (χ3n) is 4.69. The second-order valence-electron chi connectivity index (χ2n) is 7.29. The van der Waals surface area contributed by atoms with Crippen LogP contribution >= 0.6 is 23.7 Å². The van der Waals surface area contributed by atoms with E-state index in [2.05, 4.69) is 30.9 Å². The number of fused-ring (bicyclic) bond motifs is 1. The molecule has 0 saturated carbocycles. The van der Waals surface area contributed by atoms with Crippen molar-refractivity contribution in [2.24, 2.45) is 0 Å². The van der Waals surface area contributed by atoms with E-state index in [-0.39, 0.29) is 18.3 Å². The van der Waals surface area contributed by atoms with Gasteiger partial charge < -0.3 is 4.90 Å². The van der Waals surface area contributed by atoms with Gasteiger partial charge in [0.25, 0.3) is 5.91 Å². The summed E-state index contributed by atoms with van der Waals surface area (Å²) in [5.41, 5.74) is 4.44. The van der Waals surface area contributed by atoms with Gasteiger partial charge in [0.1, 0.15) is 0 Å². The van der Waals surface area contributed by atoms with Gasteiger partial charge >= 0.3 is 0 Å². The Morgan fingerprint density at radius 3 is 2.45 bits per heavy atom. The molecular formula is C23H28ClN3OS. The number of carbonyl (C=O) groups excluding carboxylic acids is 1. The standard InChI is InChI=1S/C23H27N3OS.ClH/c1-17-15-20-21(16-18(17)2)28-23(24-20)26(14-8-13-25(3)4)22(27)12-11-19-9-6-5-7-10-19;/h5-7,9-12,15-16H,8,13-14H2,1-4H3;1H. The van der Waals surface area contributed by atoms with Crippen molar-refractivity contribution in [3.8, 4) is 0 Å². The van der Waals surface area contributed by atoms with Crippen molar-refractivity contribution in [1.29, 1.82) is 0 Å². The summed E-state index contributed by atoms with van der Waals surface area (Å²) < 4.78 is 1.12. The highest BCUT2D eigenvalue weighted by Gasteiger charge is 2.18. The predicted molar refractivity (Wildman–Crippen MR) is 127 cm³/mol. The summed E-state index contributed by atoms with van der Waals surface area (Å²) in [6.07, 6.45) is 4.41. The Bertz CT molecular complexity index is 943. The summed E-state index contributed by atoms with van der Waals surface area (Å²) >= 11 is 1.58. The van der Waals surface area contributed by atoms with Crippen LogP contribution in [0, 0.1) is 13.8 Å². The summed E-state index contributed by atoms with van der Waals surface area (Å²) in [4.78, 5) is 21.7. The van der Waals surface area contributed by atoms with Crippen LogP contribution in [-0.2, 0) is 4.79 Å². The zero-order valence-corrected chi connectivity index (χ0v) is 19.0. The number of halogens is 1. The number of benzene rings is 2. The molecule has 0 atom stereocenters. The highest BCUT2D eigenvalue weighted by atomic mass is 35.5. The third-order valence-corrected chi connectivity index (χ3v) is 5.74. The molecule has 0 aliphatic rings. The van der Waals surface area contributed by atoms with Crippen LogP contribution in [0.1, 0.15) is 23.1 Å². The van der Waals surface area contributed by atoms with Gasteiger partial charge in [-0.05, 0) is 75.8 Å². The van der Waals surface area contributed by atoms with Gasteiger partial charge in [-0.25, -0.2) is 4.98 Å². The molecule has 1 heterocycles. The zero-order chi connectivity index (χ0) is 20.1. The smallest absolute Gasteiger partial charge is 0.252 e. The number of hydrogen-bond donors (Lipinski definition) is 0. The average molecular weight is 430 g/mol. The Balaban J connectivity index is 0.00000300. The fourth-order valence-corrected chi connectivity index (χ4v) is 4.03. The number of aryl methyl sites for hydroxylation is 2. The Hall–Kier alpha value is -2.21. The van der Waals surface area contributed by atoms with E-state index in [1.807, 2.05) is 50.5 Å². The van der Waals surface area contributed by atoms with Crippen molar-refractivity contribution in [3.05, 3.63) is 65.2 Å². The lowest BCUT2D eigenvalue weighted by molar-refractivity contribution is -0.114. The SMILES string of the molecule is Cc1cc2nc(N(CCCN(C)C)C(=O)C=Cc3ccccc3)sc2cc1C.Cl. The predicted octanol–water partition coefficient (Wildman–Crippen LogP) is 5.33. The minimum Gasteiger partial charge on any atom is -0.309 e. The minimum atomic E-state index is -0.0323. The molecule has 0 spiro atoms. The van der Waals surface area contributed by atoms with Crippen molar-refractivity contribution in [3.63, 3.8) is 0 Å². The van der Waals surface area contributed by atoms with Crippen molar-refractivity contribution >= 4 is 51.1 Å². The van der Waals surface area contributed by atoms with E-state index >= 15 is 0 Å². The number of hydrogen-bond acceptors (Lipinski definition) is 4. The second kappa shape index (κ2) is 10.5. The number of anilines is 1. The van der Waals surface area contributed by atoms with Gasteiger partial charge in [-0.15, -0.1) is 12.4 Å². The van der Waals surface area contributed by atoms with E-state index in [1.165, 1.54) is 11.1 Å². The lowest BCUT2D eigenvalue weighted by Gasteiger charge is -2.19. The quantitative estimate of drug-likeness (QED) is 0.476. The lowest BCUT2D eigenvalue weighted by atomic mass is 10.1. The topological polar surface area (TPSA) is 36.4 Å². The first-order valence-electron chi connectivity index (χ1n) is 9.51. The molecule has 0 N–H and O–H groups in total. The lowest BCUT2D eigenvalue weighted by Crippen LogP contribution is -2.32. The molecule has 0 bridgehead atoms. The van der Waals surface area contributed by atoms with Gasteiger partial charge in [-0.1, -0.05) is 41.7 Å². The molecule has 0 aliphatic heterocycles. The molecule has 6 heteroatoms. The van der Waals surface area contributed by atoms with Crippen molar-refractivity contribution in [2.45, 2.75) is 20.3 Å². The van der Waals surface area contributed by atoms with Crippen LogP contribution in [0.25, 0.3) is 16.3 Å². The monoisotopic (exact) mass is 429 g/mol. The maximum Gasteiger partial charge on any atom is 0.252 e. The van der Waals surface area contributed by atoms with Crippen LogP contribution in [0.5, 0.6) is 0 Å². The highest BCUT2D eigenvalue weighted by molar-refractivity contribution is 7.22. The van der Waals surface area contributed by atoms with Gasteiger partial charge in [0.05, 0.1) is 10.2 Å². The molecular weight excluding hydrogens is 402 g/mol. The zero-order valence-electron chi connectivity index (χ0n) is 17.4.